The normalized spacial score (nSPS) is 13.6. The number of hydrogen-bond donors (Lipinski definition) is 3. The summed E-state index contributed by atoms with van der Waals surface area (Å²) >= 11 is 0. The van der Waals surface area contributed by atoms with E-state index in [1.54, 1.807) is 19.1 Å². The quantitative estimate of drug-likeness (QED) is 0.710. The Labute approximate surface area is 125 Å². The molecule has 0 aromatic heterocycles. The van der Waals surface area contributed by atoms with Gasteiger partial charge in [-0.2, -0.15) is 0 Å². The summed E-state index contributed by atoms with van der Waals surface area (Å²) in [6, 6.07) is 8.34. The van der Waals surface area contributed by atoms with Gasteiger partial charge in [-0.05, 0) is 18.4 Å². The number of benzene rings is 1. The molecule has 0 radical (unpaired) electrons. The van der Waals surface area contributed by atoms with Crippen LogP contribution in [-0.2, 0) is 9.59 Å². The summed E-state index contributed by atoms with van der Waals surface area (Å²) in [6.45, 7) is 5.65. The van der Waals surface area contributed by atoms with E-state index in [4.69, 9.17) is 0 Å². The van der Waals surface area contributed by atoms with E-state index in [9.17, 15) is 14.7 Å². The van der Waals surface area contributed by atoms with Gasteiger partial charge in [0.2, 0.25) is 11.8 Å². The number of nitrogens with one attached hydrogen (secondary N) is 2. The summed E-state index contributed by atoms with van der Waals surface area (Å²) in [4.78, 5) is 24.2. The molecule has 0 saturated carbocycles. The monoisotopic (exact) mass is 292 g/mol. The largest absolute Gasteiger partial charge is 0.392 e. The van der Waals surface area contributed by atoms with Crippen LogP contribution in [0.5, 0.6) is 0 Å². The fraction of sp³-hybridized carbons (Fsp3) is 0.500. The van der Waals surface area contributed by atoms with E-state index < -0.39 is 12.1 Å². The second-order valence-corrected chi connectivity index (χ2v) is 5.60. The number of hydrogen-bond acceptors (Lipinski definition) is 3. The number of aliphatic hydroxyl groups is 1. The lowest BCUT2D eigenvalue weighted by molar-refractivity contribution is -0.129. The maximum Gasteiger partial charge on any atom is 0.247 e. The molecule has 0 bridgehead atoms. The summed E-state index contributed by atoms with van der Waals surface area (Å²) in [5.74, 6) is -0.257. The maximum absolute atomic E-state index is 12.2. The van der Waals surface area contributed by atoms with E-state index in [-0.39, 0.29) is 24.3 Å². The summed E-state index contributed by atoms with van der Waals surface area (Å²) in [5, 5.41) is 14.6. The molecular weight excluding hydrogens is 268 g/mol. The Hall–Kier alpha value is -1.88. The minimum atomic E-state index is -0.740. The highest BCUT2D eigenvalue weighted by atomic mass is 16.3. The third-order valence-electron chi connectivity index (χ3n) is 2.87. The Morgan fingerprint density at radius 3 is 2.29 bits per heavy atom. The van der Waals surface area contributed by atoms with Gasteiger partial charge in [0.1, 0.15) is 6.04 Å². The molecule has 0 aliphatic heterocycles. The van der Waals surface area contributed by atoms with E-state index in [0.29, 0.717) is 6.42 Å². The van der Waals surface area contributed by atoms with E-state index in [2.05, 4.69) is 10.6 Å². The molecule has 0 heterocycles. The van der Waals surface area contributed by atoms with Gasteiger partial charge in [-0.15, -0.1) is 0 Å². The van der Waals surface area contributed by atoms with Gasteiger partial charge in [0.15, 0.2) is 0 Å². The lowest BCUT2D eigenvalue weighted by Crippen LogP contribution is -2.42. The van der Waals surface area contributed by atoms with Crippen LogP contribution in [0.3, 0.4) is 0 Å². The second kappa shape index (κ2) is 8.42. The van der Waals surface area contributed by atoms with Crippen LogP contribution in [0.1, 0.15) is 38.8 Å². The molecule has 0 saturated heterocycles. The first-order chi connectivity index (χ1) is 9.90. The number of rotatable bonds is 7. The van der Waals surface area contributed by atoms with Crippen molar-refractivity contribution in [3.05, 3.63) is 35.9 Å². The van der Waals surface area contributed by atoms with Gasteiger partial charge < -0.3 is 15.7 Å². The topological polar surface area (TPSA) is 78.4 Å². The number of carbonyl (C=O) groups excluding carboxylic acids is 2. The molecule has 1 aromatic rings. The molecule has 21 heavy (non-hydrogen) atoms. The van der Waals surface area contributed by atoms with E-state index in [0.717, 1.165) is 5.56 Å². The zero-order chi connectivity index (χ0) is 15.8. The van der Waals surface area contributed by atoms with Gasteiger partial charge in [-0.25, -0.2) is 0 Å². The van der Waals surface area contributed by atoms with Crippen LogP contribution in [0.15, 0.2) is 30.3 Å². The summed E-state index contributed by atoms with van der Waals surface area (Å²) in [7, 11) is 0. The van der Waals surface area contributed by atoms with Crippen molar-refractivity contribution in [2.45, 2.75) is 39.3 Å². The molecule has 0 aliphatic rings. The Morgan fingerprint density at radius 2 is 1.76 bits per heavy atom. The molecule has 0 fully saturated rings. The van der Waals surface area contributed by atoms with Crippen molar-refractivity contribution < 1.29 is 14.7 Å². The Kier molecular flexibility index (Phi) is 6.88. The van der Waals surface area contributed by atoms with Gasteiger partial charge in [-0.1, -0.05) is 44.2 Å². The first kappa shape index (κ1) is 17.2. The van der Waals surface area contributed by atoms with Gasteiger partial charge in [0.05, 0.1) is 6.10 Å². The van der Waals surface area contributed by atoms with Gasteiger partial charge in [0, 0.05) is 13.0 Å². The molecule has 2 amide bonds. The molecule has 5 nitrogen and oxygen atoms in total. The van der Waals surface area contributed by atoms with E-state index in [1.807, 2.05) is 32.0 Å². The standard InChI is InChI=1S/C16H24N2O3/c1-11(2)9-14(20)18-15(13-7-5-4-6-8-13)16(21)17-10-12(3)19/h4-8,11-12,15,19H,9-10H2,1-3H3,(H,17,21)(H,18,20). The number of amides is 2. The predicted octanol–water partition coefficient (Wildman–Crippen LogP) is 1.39. The van der Waals surface area contributed by atoms with Crippen LogP contribution in [0, 0.1) is 5.92 Å². The SMILES string of the molecule is CC(C)CC(=O)NC(C(=O)NCC(C)O)c1ccccc1. The van der Waals surface area contributed by atoms with Crippen molar-refractivity contribution in [1.82, 2.24) is 10.6 Å². The van der Waals surface area contributed by atoms with Crippen LogP contribution in [0.2, 0.25) is 0 Å². The van der Waals surface area contributed by atoms with Gasteiger partial charge in [0.25, 0.3) is 0 Å². The molecule has 5 heteroatoms. The van der Waals surface area contributed by atoms with Crippen molar-refractivity contribution in [2.24, 2.45) is 5.92 Å². The van der Waals surface area contributed by atoms with Gasteiger partial charge in [-0.3, -0.25) is 9.59 Å². The van der Waals surface area contributed by atoms with Crippen LogP contribution < -0.4 is 10.6 Å². The average molecular weight is 292 g/mol. The highest BCUT2D eigenvalue weighted by Gasteiger charge is 2.22. The predicted molar refractivity (Wildman–Crippen MR) is 81.5 cm³/mol. The fourth-order valence-electron chi connectivity index (χ4n) is 1.89. The van der Waals surface area contributed by atoms with Crippen LogP contribution in [-0.4, -0.2) is 29.6 Å². The molecule has 0 spiro atoms. The third-order valence-corrected chi connectivity index (χ3v) is 2.87. The zero-order valence-corrected chi connectivity index (χ0v) is 12.8. The highest BCUT2D eigenvalue weighted by Crippen LogP contribution is 2.13. The lowest BCUT2D eigenvalue weighted by atomic mass is 10.0. The minimum absolute atomic E-state index is 0.155. The molecular formula is C16H24N2O3. The first-order valence-corrected chi connectivity index (χ1v) is 7.20. The molecule has 116 valence electrons. The van der Waals surface area contributed by atoms with Crippen LogP contribution in [0.4, 0.5) is 0 Å². The highest BCUT2D eigenvalue weighted by molar-refractivity contribution is 5.88. The lowest BCUT2D eigenvalue weighted by Gasteiger charge is -2.20. The zero-order valence-electron chi connectivity index (χ0n) is 12.8. The van der Waals surface area contributed by atoms with Crippen LogP contribution >= 0.6 is 0 Å². The first-order valence-electron chi connectivity index (χ1n) is 7.20. The van der Waals surface area contributed by atoms with Crippen molar-refractivity contribution in [3.63, 3.8) is 0 Å². The third kappa shape index (κ3) is 6.40. The number of aliphatic hydroxyl groups excluding tert-OH is 1. The molecule has 3 N–H and O–H groups in total. The van der Waals surface area contributed by atoms with Crippen molar-refractivity contribution in [3.8, 4) is 0 Å². The molecule has 1 aromatic carbocycles. The minimum Gasteiger partial charge on any atom is -0.392 e. The smallest absolute Gasteiger partial charge is 0.247 e. The summed E-state index contributed by atoms with van der Waals surface area (Å²) in [5.41, 5.74) is 0.720. The average Bonchev–Trinajstić information content (AvgIpc) is 2.42. The van der Waals surface area contributed by atoms with Gasteiger partial charge >= 0.3 is 0 Å². The summed E-state index contributed by atoms with van der Waals surface area (Å²) in [6.07, 6.45) is -0.260. The Bertz CT molecular complexity index is 458. The Balaban J connectivity index is 2.80. The molecule has 1 rings (SSSR count). The fourth-order valence-corrected chi connectivity index (χ4v) is 1.89. The maximum atomic E-state index is 12.2. The molecule has 0 aliphatic carbocycles. The van der Waals surface area contributed by atoms with Crippen molar-refractivity contribution in [1.29, 1.82) is 0 Å². The molecule has 2 unspecified atom stereocenters. The summed E-state index contributed by atoms with van der Waals surface area (Å²) < 4.78 is 0. The van der Waals surface area contributed by atoms with Crippen molar-refractivity contribution in [2.75, 3.05) is 6.54 Å². The molecule has 2 atom stereocenters. The Morgan fingerprint density at radius 1 is 1.14 bits per heavy atom. The van der Waals surface area contributed by atoms with Crippen molar-refractivity contribution >= 4 is 11.8 Å². The van der Waals surface area contributed by atoms with E-state index in [1.165, 1.54) is 0 Å². The second-order valence-electron chi connectivity index (χ2n) is 5.60. The van der Waals surface area contributed by atoms with Crippen LogP contribution in [0.25, 0.3) is 0 Å². The van der Waals surface area contributed by atoms with E-state index >= 15 is 0 Å². The number of carbonyl (C=O) groups is 2.